The van der Waals surface area contributed by atoms with Crippen LogP contribution in [0.5, 0.6) is 0 Å². The fourth-order valence-electron chi connectivity index (χ4n) is 4.29. The predicted octanol–water partition coefficient (Wildman–Crippen LogP) is 5.70. The van der Waals surface area contributed by atoms with E-state index >= 15 is 0 Å². The molecule has 0 bridgehead atoms. The zero-order valence-corrected chi connectivity index (χ0v) is 16.4. The molecule has 2 unspecified atom stereocenters. The van der Waals surface area contributed by atoms with E-state index in [4.69, 9.17) is 11.6 Å². The van der Waals surface area contributed by atoms with Crippen molar-refractivity contribution in [1.29, 1.82) is 0 Å². The molecule has 1 aromatic heterocycles. The highest BCUT2D eigenvalue weighted by Gasteiger charge is 2.40. The van der Waals surface area contributed by atoms with Gasteiger partial charge >= 0.3 is 0 Å². The van der Waals surface area contributed by atoms with Crippen LogP contribution >= 0.6 is 11.6 Å². The van der Waals surface area contributed by atoms with E-state index in [2.05, 4.69) is 66.2 Å². The van der Waals surface area contributed by atoms with Crippen molar-refractivity contribution >= 4 is 28.3 Å². The second-order valence-corrected chi connectivity index (χ2v) is 8.94. The average molecular weight is 368 g/mol. The molecule has 0 saturated carbocycles. The summed E-state index contributed by atoms with van der Waals surface area (Å²) < 4.78 is 0. The highest BCUT2D eigenvalue weighted by Crippen LogP contribution is 2.42. The van der Waals surface area contributed by atoms with Crippen LogP contribution in [0.15, 0.2) is 48.5 Å². The van der Waals surface area contributed by atoms with E-state index in [1.807, 2.05) is 18.2 Å². The van der Waals surface area contributed by atoms with Crippen LogP contribution in [0.3, 0.4) is 0 Å². The van der Waals surface area contributed by atoms with Gasteiger partial charge in [-0.05, 0) is 41.9 Å². The summed E-state index contributed by atoms with van der Waals surface area (Å²) in [7, 11) is 0. The Labute approximate surface area is 160 Å². The lowest BCUT2D eigenvalue weighted by Crippen LogP contribution is -2.39. The number of benzene rings is 2. The molecule has 3 nitrogen and oxygen atoms in total. The molecule has 1 aliphatic heterocycles. The first-order chi connectivity index (χ1) is 12.4. The van der Waals surface area contributed by atoms with E-state index in [1.165, 1.54) is 12.0 Å². The molecular weight excluding hydrogens is 342 g/mol. The molecule has 1 N–H and O–H groups in total. The van der Waals surface area contributed by atoms with Crippen molar-refractivity contribution in [3.63, 3.8) is 0 Å². The Morgan fingerprint density at radius 2 is 1.88 bits per heavy atom. The van der Waals surface area contributed by atoms with Crippen LogP contribution in [0.1, 0.15) is 32.8 Å². The first kappa shape index (κ1) is 17.4. The Morgan fingerprint density at radius 3 is 2.62 bits per heavy atom. The quantitative estimate of drug-likeness (QED) is 0.643. The van der Waals surface area contributed by atoms with E-state index in [9.17, 15) is 0 Å². The smallest absolute Gasteiger partial charge is 0.160 e. The van der Waals surface area contributed by atoms with E-state index in [1.54, 1.807) is 0 Å². The molecule has 3 aromatic rings. The number of aromatic nitrogens is 2. The third-order valence-corrected chi connectivity index (χ3v) is 5.86. The van der Waals surface area contributed by atoms with E-state index in [0.717, 1.165) is 34.7 Å². The van der Waals surface area contributed by atoms with Crippen LogP contribution in [-0.4, -0.2) is 22.8 Å². The standard InChI is InChI=1S/C22H26ClN3/c1-22(2,3)19-13-16(12-15-8-5-4-6-9-15)14-26(19)21-20-17(23)10-7-11-18(20)24-25-21/h4-11,16,19H,12-14H2,1-3H3,(H,24,25). The van der Waals surface area contributed by atoms with E-state index in [-0.39, 0.29) is 5.41 Å². The molecule has 2 atom stereocenters. The van der Waals surface area contributed by atoms with Crippen LogP contribution < -0.4 is 4.90 Å². The summed E-state index contributed by atoms with van der Waals surface area (Å²) in [6, 6.07) is 17.2. The molecule has 0 amide bonds. The number of H-pyrrole nitrogens is 1. The van der Waals surface area contributed by atoms with Crippen molar-refractivity contribution in [1.82, 2.24) is 10.2 Å². The molecule has 4 heteroatoms. The van der Waals surface area contributed by atoms with Gasteiger partial charge in [0.15, 0.2) is 5.82 Å². The lowest BCUT2D eigenvalue weighted by molar-refractivity contribution is 0.310. The van der Waals surface area contributed by atoms with Crippen LogP contribution in [0.2, 0.25) is 5.02 Å². The summed E-state index contributed by atoms with van der Waals surface area (Å²) in [5.41, 5.74) is 2.60. The Hall–Kier alpha value is -2.00. The number of aromatic amines is 1. The molecule has 0 spiro atoms. The molecule has 0 radical (unpaired) electrons. The zero-order chi connectivity index (χ0) is 18.3. The first-order valence-corrected chi connectivity index (χ1v) is 9.74. The third kappa shape index (κ3) is 3.21. The summed E-state index contributed by atoms with van der Waals surface area (Å²) in [6.07, 6.45) is 2.29. The van der Waals surface area contributed by atoms with Crippen LogP contribution in [0, 0.1) is 11.3 Å². The molecular formula is C22H26ClN3. The van der Waals surface area contributed by atoms with Crippen molar-refractivity contribution in [2.24, 2.45) is 11.3 Å². The first-order valence-electron chi connectivity index (χ1n) is 9.36. The molecule has 1 saturated heterocycles. The summed E-state index contributed by atoms with van der Waals surface area (Å²) >= 11 is 6.52. The maximum atomic E-state index is 6.52. The molecule has 2 heterocycles. The van der Waals surface area contributed by atoms with E-state index < -0.39 is 0 Å². The molecule has 2 aromatic carbocycles. The topological polar surface area (TPSA) is 31.9 Å². The highest BCUT2D eigenvalue weighted by molar-refractivity contribution is 6.36. The largest absolute Gasteiger partial charge is 0.351 e. The van der Waals surface area contributed by atoms with Gasteiger partial charge in [-0.3, -0.25) is 5.10 Å². The van der Waals surface area contributed by atoms with Gasteiger partial charge in [0, 0.05) is 12.6 Å². The lowest BCUT2D eigenvalue weighted by Gasteiger charge is -2.35. The zero-order valence-electron chi connectivity index (χ0n) is 15.7. The lowest BCUT2D eigenvalue weighted by atomic mass is 9.83. The Morgan fingerprint density at radius 1 is 1.12 bits per heavy atom. The van der Waals surface area contributed by atoms with Gasteiger partial charge in [-0.25, -0.2) is 0 Å². The molecule has 1 aliphatic rings. The number of fused-ring (bicyclic) bond motifs is 1. The van der Waals surface area contributed by atoms with Crippen LogP contribution in [0.4, 0.5) is 5.82 Å². The minimum atomic E-state index is 0.179. The number of hydrogen-bond donors (Lipinski definition) is 1. The Kier molecular flexibility index (Phi) is 4.44. The number of nitrogens with zero attached hydrogens (tertiary/aromatic N) is 2. The Balaban J connectivity index is 1.68. The van der Waals surface area contributed by atoms with Gasteiger partial charge < -0.3 is 4.90 Å². The van der Waals surface area contributed by atoms with Gasteiger partial charge in [-0.1, -0.05) is 68.8 Å². The SMILES string of the molecule is CC(C)(C)C1CC(Cc2ccccc2)CN1c1n[nH]c2cccc(Cl)c12. The van der Waals surface area contributed by atoms with Crippen molar-refractivity contribution in [2.75, 3.05) is 11.4 Å². The number of hydrogen-bond acceptors (Lipinski definition) is 2. The fourth-order valence-corrected chi connectivity index (χ4v) is 4.55. The highest BCUT2D eigenvalue weighted by atomic mass is 35.5. The van der Waals surface area contributed by atoms with Crippen LogP contribution in [-0.2, 0) is 6.42 Å². The minimum absolute atomic E-state index is 0.179. The van der Waals surface area contributed by atoms with Gasteiger partial charge in [0.1, 0.15) is 0 Å². The monoisotopic (exact) mass is 367 g/mol. The second-order valence-electron chi connectivity index (χ2n) is 8.54. The van der Waals surface area contributed by atoms with Gasteiger partial charge in [0.25, 0.3) is 0 Å². The Bertz CT molecular complexity index is 895. The predicted molar refractivity (Wildman–Crippen MR) is 110 cm³/mol. The van der Waals surface area contributed by atoms with Gasteiger partial charge in [0.2, 0.25) is 0 Å². The fraction of sp³-hybridized carbons (Fsp3) is 0.409. The molecule has 1 fully saturated rings. The number of anilines is 1. The van der Waals surface area contributed by atoms with Crippen LogP contribution in [0.25, 0.3) is 10.9 Å². The minimum Gasteiger partial charge on any atom is -0.351 e. The normalized spacial score (nSPS) is 20.8. The molecule has 136 valence electrons. The average Bonchev–Trinajstić information content (AvgIpc) is 3.20. The summed E-state index contributed by atoms with van der Waals surface area (Å²) in [6.45, 7) is 7.99. The molecule has 0 aliphatic carbocycles. The van der Waals surface area contributed by atoms with Gasteiger partial charge in [0.05, 0.1) is 15.9 Å². The number of rotatable bonds is 3. The van der Waals surface area contributed by atoms with Crippen molar-refractivity contribution in [3.05, 3.63) is 59.1 Å². The van der Waals surface area contributed by atoms with Crippen molar-refractivity contribution < 1.29 is 0 Å². The molecule has 26 heavy (non-hydrogen) atoms. The maximum absolute atomic E-state index is 6.52. The molecule has 4 rings (SSSR count). The third-order valence-electron chi connectivity index (χ3n) is 5.55. The van der Waals surface area contributed by atoms with Crippen molar-refractivity contribution in [2.45, 2.75) is 39.7 Å². The van der Waals surface area contributed by atoms with Gasteiger partial charge in [-0.2, -0.15) is 5.10 Å². The summed E-state index contributed by atoms with van der Waals surface area (Å²) in [5, 5.41) is 9.64. The van der Waals surface area contributed by atoms with Crippen molar-refractivity contribution in [3.8, 4) is 0 Å². The summed E-state index contributed by atoms with van der Waals surface area (Å²) in [4.78, 5) is 2.48. The second kappa shape index (κ2) is 6.62. The summed E-state index contributed by atoms with van der Waals surface area (Å²) in [5.74, 6) is 1.62. The van der Waals surface area contributed by atoms with E-state index in [0.29, 0.717) is 12.0 Å². The maximum Gasteiger partial charge on any atom is 0.160 e. The van der Waals surface area contributed by atoms with Gasteiger partial charge in [-0.15, -0.1) is 0 Å². The number of halogens is 1. The number of nitrogens with one attached hydrogen (secondary N) is 1.